The topological polar surface area (TPSA) is 72.2 Å². The Kier molecular flexibility index (Phi) is 4.47. The van der Waals surface area contributed by atoms with Crippen LogP contribution in [0.2, 0.25) is 5.02 Å². The maximum atomic E-state index is 12.1. The molecular formula is C13H15ClN2O3S. The predicted molar refractivity (Wildman–Crippen MR) is 76.3 cm³/mol. The van der Waals surface area contributed by atoms with Crippen molar-refractivity contribution in [2.75, 3.05) is 6.54 Å². The number of aromatic nitrogens is 1. The van der Waals surface area contributed by atoms with E-state index in [2.05, 4.69) is 9.88 Å². The number of benzene rings is 1. The van der Waals surface area contributed by atoms with E-state index in [9.17, 15) is 8.42 Å². The lowest BCUT2D eigenvalue weighted by molar-refractivity contribution is 0.392. The third-order valence-electron chi connectivity index (χ3n) is 2.95. The molecular weight excluding hydrogens is 300 g/mol. The Morgan fingerprint density at radius 2 is 2.10 bits per heavy atom. The number of aryl methyl sites for hydroxylation is 2. The standard InChI is InChI=1S/C13H15ClN2O3S/c1-9-13(10(2)19-16-9)6-7-15-20(17,18)12-5-3-4-11(14)8-12/h3-5,8,15H,6-7H2,1-2H3. The molecule has 0 amide bonds. The number of hydrogen-bond acceptors (Lipinski definition) is 4. The summed E-state index contributed by atoms with van der Waals surface area (Å²) in [4.78, 5) is 0.156. The smallest absolute Gasteiger partial charge is 0.240 e. The van der Waals surface area contributed by atoms with Crippen LogP contribution in [0.3, 0.4) is 0 Å². The van der Waals surface area contributed by atoms with Gasteiger partial charge in [0.2, 0.25) is 10.0 Å². The van der Waals surface area contributed by atoms with Crippen molar-refractivity contribution < 1.29 is 12.9 Å². The number of rotatable bonds is 5. The van der Waals surface area contributed by atoms with Crippen molar-refractivity contribution in [3.63, 3.8) is 0 Å². The molecule has 0 unspecified atom stereocenters. The number of sulfonamides is 1. The summed E-state index contributed by atoms with van der Waals surface area (Å²) in [6.45, 7) is 3.91. The molecule has 1 N–H and O–H groups in total. The molecule has 0 bridgehead atoms. The van der Waals surface area contributed by atoms with E-state index < -0.39 is 10.0 Å². The van der Waals surface area contributed by atoms with E-state index in [1.54, 1.807) is 19.1 Å². The van der Waals surface area contributed by atoms with Crippen molar-refractivity contribution in [3.05, 3.63) is 46.3 Å². The van der Waals surface area contributed by atoms with Crippen LogP contribution in [-0.4, -0.2) is 20.1 Å². The maximum absolute atomic E-state index is 12.1. The molecule has 0 atom stereocenters. The van der Waals surface area contributed by atoms with Gasteiger partial charge in [-0.2, -0.15) is 0 Å². The monoisotopic (exact) mass is 314 g/mol. The van der Waals surface area contributed by atoms with Gasteiger partial charge in [0.25, 0.3) is 0 Å². The summed E-state index contributed by atoms with van der Waals surface area (Å²) < 4.78 is 31.7. The third kappa shape index (κ3) is 3.39. The van der Waals surface area contributed by atoms with Crippen molar-refractivity contribution in [3.8, 4) is 0 Å². The Hall–Kier alpha value is -1.37. The zero-order valence-electron chi connectivity index (χ0n) is 11.2. The first kappa shape index (κ1) is 15.0. The predicted octanol–water partition coefficient (Wildman–Crippen LogP) is 2.47. The number of hydrogen-bond donors (Lipinski definition) is 1. The normalized spacial score (nSPS) is 11.8. The molecule has 0 saturated heterocycles. The Morgan fingerprint density at radius 1 is 1.35 bits per heavy atom. The molecule has 0 aliphatic heterocycles. The van der Waals surface area contributed by atoms with E-state index in [0.29, 0.717) is 17.2 Å². The van der Waals surface area contributed by atoms with E-state index in [-0.39, 0.29) is 11.4 Å². The largest absolute Gasteiger partial charge is 0.361 e. The van der Waals surface area contributed by atoms with Crippen LogP contribution in [0, 0.1) is 13.8 Å². The van der Waals surface area contributed by atoms with Crippen LogP contribution in [0.15, 0.2) is 33.7 Å². The van der Waals surface area contributed by atoms with Gasteiger partial charge in [-0.05, 0) is 38.5 Å². The van der Waals surface area contributed by atoms with E-state index in [4.69, 9.17) is 16.1 Å². The minimum Gasteiger partial charge on any atom is -0.361 e. The van der Waals surface area contributed by atoms with Crippen molar-refractivity contribution in [1.82, 2.24) is 9.88 Å². The lowest BCUT2D eigenvalue weighted by Crippen LogP contribution is -2.26. The van der Waals surface area contributed by atoms with Crippen molar-refractivity contribution in [2.24, 2.45) is 0 Å². The lowest BCUT2D eigenvalue weighted by Gasteiger charge is -2.07. The van der Waals surface area contributed by atoms with Crippen LogP contribution in [-0.2, 0) is 16.4 Å². The molecule has 0 radical (unpaired) electrons. The zero-order chi connectivity index (χ0) is 14.8. The first-order valence-corrected chi connectivity index (χ1v) is 7.93. The minimum absolute atomic E-state index is 0.156. The Labute approximate surface area is 123 Å². The van der Waals surface area contributed by atoms with Gasteiger partial charge >= 0.3 is 0 Å². The molecule has 0 aliphatic rings. The van der Waals surface area contributed by atoms with Gasteiger partial charge in [-0.25, -0.2) is 13.1 Å². The van der Waals surface area contributed by atoms with Crippen molar-refractivity contribution >= 4 is 21.6 Å². The van der Waals surface area contributed by atoms with Gasteiger partial charge in [-0.3, -0.25) is 0 Å². The van der Waals surface area contributed by atoms with Crippen LogP contribution >= 0.6 is 11.6 Å². The molecule has 1 aromatic carbocycles. The van der Waals surface area contributed by atoms with Crippen LogP contribution in [0.4, 0.5) is 0 Å². The summed E-state index contributed by atoms with van der Waals surface area (Å²) in [6.07, 6.45) is 0.529. The second-order valence-electron chi connectivity index (χ2n) is 4.41. The zero-order valence-corrected chi connectivity index (χ0v) is 12.8. The summed E-state index contributed by atoms with van der Waals surface area (Å²) in [5.41, 5.74) is 1.71. The SMILES string of the molecule is Cc1noc(C)c1CCNS(=O)(=O)c1cccc(Cl)c1. The molecule has 108 valence electrons. The fourth-order valence-electron chi connectivity index (χ4n) is 1.89. The van der Waals surface area contributed by atoms with Gasteiger partial charge in [-0.15, -0.1) is 0 Å². The van der Waals surface area contributed by atoms with Crippen LogP contribution in [0.1, 0.15) is 17.0 Å². The van der Waals surface area contributed by atoms with Gasteiger partial charge in [0.05, 0.1) is 10.6 Å². The molecule has 5 nitrogen and oxygen atoms in total. The van der Waals surface area contributed by atoms with Crippen molar-refractivity contribution in [2.45, 2.75) is 25.2 Å². The van der Waals surface area contributed by atoms with Gasteiger partial charge in [0, 0.05) is 17.1 Å². The number of nitrogens with one attached hydrogen (secondary N) is 1. The molecule has 0 spiro atoms. The van der Waals surface area contributed by atoms with E-state index in [1.807, 2.05) is 6.92 Å². The second kappa shape index (κ2) is 5.95. The van der Waals surface area contributed by atoms with Crippen LogP contribution in [0.5, 0.6) is 0 Å². The van der Waals surface area contributed by atoms with Gasteiger partial charge in [0.1, 0.15) is 5.76 Å². The minimum atomic E-state index is -3.55. The summed E-state index contributed by atoms with van der Waals surface area (Å²) in [5.74, 6) is 0.712. The van der Waals surface area contributed by atoms with Gasteiger partial charge in [0.15, 0.2) is 0 Å². The van der Waals surface area contributed by atoms with Crippen LogP contribution < -0.4 is 4.72 Å². The molecule has 1 aromatic heterocycles. The molecule has 20 heavy (non-hydrogen) atoms. The summed E-state index contributed by atoms with van der Waals surface area (Å²) in [5, 5.41) is 4.22. The van der Waals surface area contributed by atoms with E-state index in [0.717, 1.165) is 11.3 Å². The summed E-state index contributed by atoms with van der Waals surface area (Å²) in [6, 6.07) is 6.15. The number of nitrogens with zero attached hydrogens (tertiary/aromatic N) is 1. The lowest BCUT2D eigenvalue weighted by atomic mass is 10.1. The molecule has 0 fully saturated rings. The molecule has 1 heterocycles. The third-order valence-corrected chi connectivity index (χ3v) is 4.65. The van der Waals surface area contributed by atoms with Crippen molar-refractivity contribution in [1.29, 1.82) is 0 Å². The fraction of sp³-hybridized carbons (Fsp3) is 0.308. The summed E-state index contributed by atoms with van der Waals surface area (Å²) >= 11 is 5.79. The molecule has 2 aromatic rings. The highest BCUT2D eigenvalue weighted by Gasteiger charge is 2.15. The molecule has 0 aliphatic carbocycles. The Morgan fingerprint density at radius 3 is 2.70 bits per heavy atom. The summed E-state index contributed by atoms with van der Waals surface area (Å²) in [7, 11) is -3.55. The average Bonchev–Trinajstić information content (AvgIpc) is 2.70. The first-order chi connectivity index (χ1) is 9.40. The average molecular weight is 315 g/mol. The highest BCUT2D eigenvalue weighted by Crippen LogP contribution is 2.16. The van der Waals surface area contributed by atoms with E-state index in [1.165, 1.54) is 12.1 Å². The van der Waals surface area contributed by atoms with Gasteiger partial charge in [-0.1, -0.05) is 22.8 Å². The first-order valence-electron chi connectivity index (χ1n) is 6.07. The van der Waals surface area contributed by atoms with Gasteiger partial charge < -0.3 is 4.52 Å². The molecule has 2 rings (SSSR count). The molecule has 0 saturated carbocycles. The fourth-order valence-corrected chi connectivity index (χ4v) is 3.22. The second-order valence-corrected chi connectivity index (χ2v) is 6.61. The van der Waals surface area contributed by atoms with E-state index >= 15 is 0 Å². The Bertz CT molecular complexity index is 691. The quantitative estimate of drug-likeness (QED) is 0.920. The van der Waals surface area contributed by atoms with Crippen LogP contribution in [0.25, 0.3) is 0 Å². The number of halogens is 1. The highest BCUT2D eigenvalue weighted by molar-refractivity contribution is 7.89. The highest BCUT2D eigenvalue weighted by atomic mass is 35.5. The maximum Gasteiger partial charge on any atom is 0.240 e. The Balaban J connectivity index is 2.04. The molecule has 7 heteroatoms.